The van der Waals surface area contributed by atoms with Crippen LogP contribution in [0.15, 0.2) is 48.7 Å². The van der Waals surface area contributed by atoms with E-state index >= 15 is 0 Å². The Balaban J connectivity index is 0.000000368. The van der Waals surface area contributed by atoms with Gasteiger partial charge in [-0.15, -0.1) is 0 Å². The molecule has 2 aromatic carbocycles. The van der Waals surface area contributed by atoms with E-state index in [2.05, 4.69) is 43.6 Å². The Morgan fingerprint density at radius 1 is 1.08 bits per heavy atom. The van der Waals surface area contributed by atoms with Gasteiger partial charge < -0.3 is 9.64 Å². The molecule has 0 aliphatic rings. The highest BCUT2D eigenvalue weighted by molar-refractivity contribution is 7.80. The lowest BCUT2D eigenvalue weighted by Gasteiger charge is -2.25. The molecule has 212 valence electrons. The number of aromatic nitrogens is 1. The highest BCUT2D eigenvalue weighted by atomic mass is 32.1. The van der Waals surface area contributed by atoms with E-state index in [1.165, 1.54) is 12.5 Å². The fraction of sp³-hybridized carbons (Fsp3) is 0.485. The predicted molar refractivity (Wildman–Crippen MR) is 169 cm³/mol. The summed E-state index contributed by atoms with van der Waals surface area (Å²) in [6.07, 6.45) is 6.30. The average molecular weight is 552 g/mol. The van der Waals surface area contributed by atoms with Crippen molar-refractivity contribution in [2.75, 3.05) is 25.1 Å². The SMILES string of the molecule is CC(C)c1ccccc1F.CCC(C)C(C)=S.CCCCN(CCC)c1cnc2ccc(OC)cc2c1C#N. The molecule has 0 bridgehead atoms. The van der Waals surface area contributed by atoms with Crippen LogP contribution >= 0.6 is 12.2 Å². The first kappa shape index (κ1) is 34.0. The minimum absolute atomic E-state index is 0.0995. The Labute approximate surface area is 241 Å². The summed E-state index contributed by atoms with van der Waals surface area (Å²) in [6, 6.07) is 14.9. The van der Waals surface area contributed by atoms with E-state index in [4.69, 9.17) is 17.0 Å². The van der Waals surface area contributed by atoms with Crippen LogP contribution in [-0.4, -0.2) is 30.0 Å². The highest BCUT2D eigenvalue weighted by Gasteiger charge is 2.15. The number of fused-ring (bicyclic) bond motifs is 1. The molecule has 4 nitrogen and oxygen atoms in total. The van der Waals surface area contributed by atoms with Gasteiger partial charge in [-0.3, -0.25) is 4.98 Å². The molecule has 0 radical (unpaired) electrons. The summed E-state index contributed by atoms with van der Waals surface area (Å²) < 4.78 is 18.1. The zero-order valence-electron chi connectivity index (χ0n) is 25.1. The molecule has 6 heteroatoms. The lowest BCUT2D eigenvalue weighted by molar-refractivity contribution is 0.415. The van der Waals surface area contributed by atoms with Crippen molar-refractivity contribution in [3.63, 3.8) is 0 Å². The summed E-state index contributed by atoms with van der Waals surface area (Å²) >= 11 is 4.92. The molecular formula is C33H46FN3OS. The standard InChI is InChI=1S/C18H23N3O.C9H11F.C6H12S/c1-4-6-10-21(9-5-2)18-13-20-17-8-7-14(22-3)11-15(17)16(18)12-19;1-7(2)8-5-3-4-6-9(8)10;1-4-5(2)6(3)7/h7-8,11,13H,4-6,9-10H2,1-3H3;3-7H,1-2H3;5H,4H2,1-3H3. The Bertz CT molecular complexity index is 1210. The smallest absolute Gasteiger partial charge is 0.126 e. The molecule has 3 rings (SSSR count). The minimum Gasteiger partial charge on any atom is -0.497 e. The van der Waals surface area contributed by atoms with Gasteiger partial charge in [0.25, 0.3) is 0 Å². The van der Waals surface area contributed by atoms with Crippen LogP contribution in [-0.2, 0) is 0 Å². The largest absolute Gasteiger partial charge is 0.497 e. The first-order valence-corrected chi connectivity index (χ1v) is 14.4. The van der Waals surface area contributed by atoms with Crippen LogP contribution in [0, 0.1) is 23.1 Å². The monoisotopic (exact) mass is 551 g/mol. The second-order valence-corrected chi connectivity index (χ2v) is 10.6. The zero-order chi connectivity index (χ0) is 29.4. The summed E-state index contributed by atoms with van der Waals surface area (Å²) in [6.45, 7) is 16.5. The van der Waals surface area contributed by atoms with Gasteiger partial charge in [0.05, 0.1) is 30.1 Å². The van der Waals surface area contributed by atoms with Crippen molar-refractivity contribution in [2.45, 2.75) is 80.1 Å². The first-order valence-electron chi connectivity index (χ1n) is 14.0. The minimum atomic E-state index is -0.0995. The average Bonchev–Trinajstić information content (AvgIpc) is 2.94. The van der Waals surface area contributed by atoms with Gasteiger partial charge in [-0.05, 0) is 72.7 Å². The fourth-order valence-corrected chi connectivity index (χ4v) is 4.01. The number of pyridine rings is 1. The Hall–Kier alpha value is -3.04. The quantitative estimate of drug-likeness (QED) is 0.235. The molecular weight excluding hydrogens is 505 g/mol. The van der Waals surface area contributed by atoms with E-state index in [-0.39, 0.29) is 11.7 Å². The summed E-state index contributed by atoms with van der Waals surface area (Å²) in [5, 5.41) is 10.5. The summed E-state index contributed by atoms with van der Waals surface area (Å²) in [7, 11) is 1.63. The third-order valence-electron chi connectivity index (χ3n) is 6.62. The van der Waals surface area contributed by atoms with Crippen molar-refractivity contribution in [3.8, 4) is 11.8 Å². The van der Waals surface area contributed by atoms with Crippen LogP contribution in [0.4, 0.5) is 10.1 Å². The Morgan fingerprint density at radius 3 is 2.23 bits per heavy atom. The lowest BCUT2D eigenvalue weighted by atomic mass is 10.0. The van der Waals surface area contributed by atoms with E-state index in [1.807, 2.05) is 57.3 Å². The molecule has 1 atom stereocenters. The van der Waals surface area contributed by atoms with Crippen LogP contribution in [0.5, 0.6) is 5.75 Å². The van der Waals surface area contributed by atoms with Crippen LogP contribution < -0.4 is 9.64 Å². The molecule has 1 aromatic heterocycles. The molecule has 0 fully saturated rings. The van der Waals surface area contributed by atoms with Gasteiger partial charge in [0, 0.05) is 18.5 Å². The molecule has 1 heterocycles. The second-order valence-electron chi connectivity index (χ2n) is 9.95. The van der Waals surface area contributed by atoms with Gasteiger partial charge in [-0.25, -0.2) is 4.39 Å². The first-order chi connectivity index (χ1) is 18.6. The molecule has 0 saturated carbocycles. The van der Waals surface area contributed by atoms with E-state index in [1.54, 1.807) is 13.2 Å². The number of anilines is 1. The number of unbranched alkanes of at least 4 members (excludes halogenated alkanes) is 1. The van der Waals surface area contributed by atoms with Gasteiger partial charge in [0.15, 0.2) is 0 Å². The van der Waals surface area contributed by atoms with Crippen molar-refractivity contribution in [2.24, 2.45) is 5.92 Å². The number of nitriles is 1. The number of ether oxygens (including phenoxy) is 1. The number of thiocarbonyl (C=S) groups is 1. The maximum absolute atomic E-state index is 12.8. The predicted octanol–water partition coefficient (Wildman–Crippen LogP) is 9.50. The van der Waals surface area contributed by atoms with Crippen LogP contribution in [0.25, 0.3) is 10.9 Å². The molecule has 0 aliphatic carbocycles. The zero-order valence-corrected chi connectivity index (χ0v) is 25.9. The molecule has 0 amide bonds. The van der Waals surface area contributed by atoms with Gasteiger partial charge in [-0.2, -0.15) is 5.26 Å². The number of hydrogen-bond donors (Lipinski definition) is 0. The number of benzene rings is 2. The van der Waals surface area contributed by atoms with Gasteiger partial charge >= 0.3 is 0 Å². The third-order valence-corrected chi connectivity index (χ3v) is 7.02. The number of methoxy groups -OCH3 is 1. The molecule has 0 saturated heterocycles. The third kappa shape index (κ3) is 10.9. The molecule has 0 aliphatic heterocycles. The second kappa shape index (κ2) is 18.3. The van der Waals surface area contributed by atoms with Crippen molar-refractivity contribution in [1.82, 2.24) is 4.98 Å². The molecule has 0 spiro atoms. The van der Waals surface area contributed by atoms with Crippen molar-refractivity contribution in [3.05, 3.63) is 65.6 Å². The molecule has 1 unspecified atom stereocenters. The summed E-state index contributed by atoms with van der Waals surface area (Å²) in [5.74, 6) is 1.56. The summed E-state index contributed by atoms with van der Waals surface area (Å²) in [5.41, 5.74) is 3.24. The number of halogens is 1. The van der Waals surface area contributed by atoms with E-state index < -0.39 is 0 Å². The van der Waals surface area contributed by atoms with Crippen molar-refractivity contribution < 1.29 is 9.13 Å². The molecule has 0 N–H and O–H groups in total. The number of nitrogens with zero attached hydrogens (tertiary/aromatic N) is 3. The van der Waals surface area contributed by atoms with E-state index in [0.717, 1.165) is 65.1 Å². The normalized spacial score (nSPS) is 11.0. The van der Waals surface area contributed by atoms with Gasteiger partial charge in [-0.1, -0.05) is 78.4 Å². The Morgan fingerprint density at radius 2 is 1.77 bits per heavy atom. The highest BCUT2D eigenvalue weighted by Crippen LogP contribution is 2.29. The van der Waals surface area contributed by atoms with Crippen LogP contribution in [0.2, 0.25) is 0 Å². The topological polar surface area (TPSA) is 49.2 Å². The maximum atomic E-state index is 12.8. The molecule has 39 heavy (non-hydrogen) atoms. The van der Waals surface area contributed by atoms with Crippen molar-refractivity contribution >= 4 is 33.7 Å². The Kier molecular flexibility index (Phi) is 15.9. The lowest BCUT2D eigenvalue weighted by Crippen LogP contribution is -2.26. The van der Waals surface area contributed by atoms with Crippen LogP contribution in [0.3, 0.4) is 0 Å². The summed E-state index contributed by atoms with van der Waals surface area (Å²) in [4.78, 5) is 7.93. The fourth-order valence-electron chi connectivity index (χ4n) is 3.85. The maximum Gasteiger partial charge on any atom is 0.126 e. The molecule has 3 aromatic rings. The van der Waals surface area contributed by atoms with Crippen molar-refractivity contribution in [1.29, 1.82) is 5.26 Å². The van der Waals surface area contributed by atoms with Gasteiger partial charge in [0.2, 0.25) is 0 Å². The van der Waals surface area contributed by atoms with E-state index in [9.17, 15) is 9.65 Å². The number of rotatable bonds is 10. The van der Waals surface area contributed by atoms with E-state index in [0.29, 0.717) is 11.5 Å². The number of hydrogen-bond acceptors (Lipinski definition) is 5. The van der Waals surface area contributed by atoms with Gasteiger partial charge in [0.1, 0.15) is 17.6 Å². The van der Waals surface area contributed by atoms with Crippen LogP contribution in [0.1, 0.15) is 91.2 Å².